The van der Waals surface area contributed by atoms with E-state index in [1.807, 2.05) is 18.2 Å². The summed E-state index contributed by atoms with van der Waals surface area (Å²) in [4.78, 5) is 12.6. The van der Waals surface area contributed by atoms with Crippen LogP contribution in [-0.2, 0) is 9.84 Å². The zero-order valence-electron chi connectivity index (χ0n) is 17.1. The fraction of sp³-hybridized carbons (Fsp3) is 0.318. The number of carbonyl (C=O) groups excluding carboxylic acids is 1. The number of nitrogens with one attached hydrogen (secondary N) is 2. The molecule has 0 spiro atoms. The molecular formula is C22H24N4O3S. The van der Waals surface area contributed by atoms with Crippen molar-refractivity contribution in [1.82, 2.24) is 15.5 Å². The molecule has 0 aliphatic heterocycles. The van der Waals surface area contributed by atoms with Gasteiger partial charge < -0.3 is 10.6 Å². The average Bonchev–Trinajstić information content (AvgIpc) is 3.58. The Labute approximate surface area is 175 Å². The Kier molecular flexibility index (Phi) is 5.19. The average molecular weight is 425 g/mol. The SMILES string of the molecule is CNC(=O)c1nnc2cc(-c3ccc(S(C)(=O)=O)cc3)ccc2c1NC(C)C1CC1. The highest BCUT2D eigenvalue weighted by Gasteiger charge is 2.29. The standard InChI is InChI=1S/C22H24N4O3S/c1-13(14-4-5-14)24-20-18-11-8-16(12-19(18)25-26-21(20)22(27)23-2)15-6-9-17(10-7-15)30(3,28)29/h6-14H,4-5H2,1-3H3,(H,23,27)(H,24,25). The number of aromatic nitrogens is 2. The van der Waals surface area contributed by atoms with Crippen molar-refractivity contribution in [3.63, 3.8) is 0 Å². The number of sulfone groups is 1. The Morgan fingerprint density at radius 1 is 1.07 bits per heavy atom. The highest BCUT2D eigenvalue weighted by Crippen LogP contribution is 2.36. The molecule has 1 aliphatic carbocycles. The van der Waals surface area contributed by atoms with Crippen LogP contribution >= 0.6 is 0 Å². The van der Waals surface area contributed by atoms with Crippen LogP contribution in [0.3, 0.4) is 0 Å². The maximum absolute atomic E-state index is 12.3. The molecule has 1 saturated carbocycles. The first kappa shape index (κ1) is 20.3. The number of rotatable bonds is 6. The van der Waals surface area contributed by atoms with Crippen LogP contribution in [0.4, 0.5) is 5.69 Å². The molecule has 2 aromatic carbocycles. The Morgan fingerprint density at radius 3 is 2.33 bits per heavy atom. The van der Waals surface area contributed by atoms with Gasteiger partial charge in [0.1, 0.15) is 0 Å². The van der Waals surface area contributed by atoms with Gasteiger partial charge in [-0.2, -0.15) is 0 Å². The van der Waals surface area contributed by atoms with E-state index in [0.717, 1.165) is 16.5 Å². The third-order valence-corrected chi connectivity index (χ3v) is 6.65. The molecule has 30 heavy (non-hydrogen) atoms. The van der Waals surface area contributed by atoms with Crippen molar-refractivity contribution in [2.24, 2.45) is 5.92 Å². The molecule has 0 radical (unpaired) electrons. The van der Waals surface area contributed by atoms with Gasteiger partial charge in [-0.05, 0) is 61.1 Å². The molecule has 4 rings (SSSR count). The summed E-state index contributed by atoms with van der Waals surface area (Å²) in [5.41, 5.74) is 3.41. The lowest BCUT2D eigenvalue weighted by atomic mass is 10.0. The second-order valence-corrected chi connectivity index (χ2v) is 9.82. The normalized spacial score (nSPS) is 15.0. The quantitative estimate of drug-likeness (QED) is 0.630. The van der Waals surface area contributed by atoms with Gasteiger partial charge >= 0.3 is 0 Å². The lowest BCUT2D eigenvalue weighted by Crippen LogP contribution is -2.25. The fourth-order valence-corrected chi connectivity index (χ4v) is 4.18. The zero-order valence-corrected chi connectivity index (χ0v) is 18.0. The summed E-state index contributed by atoms with van der Waals surface area (Å²) in [6, 6.07) is 12.8. The number of amides is 1. The van der Waals surface area contributed by atoms with E-state index in [0.29, 0.717) is 17.1 Å². The smallest absolute Gasteiger partial charge is 0.273 e. The van der Waals surface area contributed by atoms with Crippen LogP contribution in [0.2, 0.25) is 0 Å². The van der Waals surface area contributed by atoms with E-state index in [1.165, 1.54) is 19.1 Å². The van der Waals surface area contributed by atoms with E-state index in [2.05, 4.69) is 27.8 Å². The molecule has 7 nitrogen and oxygen atoms in total. The predicted octanol–water partition coefficient (Wildman–Crippen LogP) is 3.27. The minimum Gasteiger partial charge on any atom is -0.380 e. The lowest BCUT2D eigenvalue weighted by molar-refractivity contribution is 0.0958. The second kappa shape index (κ2) is 7.68. The third kappa shape index (κ3) is 4.00. The molecule has 8 heteroatoms. The molecule has 156 valence electrons. The number of anilines is 1. The topological polar surface area (TPSA) is 101 Å². The van der Waals surface area contributed by atoms with E-state index in [4.69, 9.17) is 0 Å². The first-order valence-corrected chi connectivity index (χ1v) is 11.8. The molecule has 2 N–H and O–H groups in total. The van der Waals surface area contributed by atoms with Crippen LogP contribution in [0, 0.1) is 5.92 Å². The number of hydrogen-bond acceptors (Lipinski definition) is 6. The molecule has 1 heterocycles. The van der Waals surface area contributed by atoms with Crippen molar-refractivity contribution >= 4 is 32.3 Å². The third-order valence-electron chi connectivity index (χ3n) is 5.52. The highest BCUT2D eigenvalue weighted by atomic mass is 32.2. The molecule has 1 atom stereocenters. The van der Waals surface area contributed by atoms with Crippen LogP contribution in [0.5, 0.6) is 0 Å². The Balaban J connectivity index is 1.76. The van der Waals surface area contributed by atoms with Gasteiger partial charge in [0.15, 0.2) is 15.5 Å². The van der Waals surface area contributed by atoms with E-state index in [1.54, 1.807) is 31.3 Å². The molecule has 1 aromatic heterocycles. The Bertz CT molecular complexity index is 1220. The molecule has 0 bridgehead atoms. The highest BCUT2D eigenvalue weighted by molar-refractivity contribution is 7.90. The molecule has 1 aliphatic rings. The summed E-state index contributed by atoms with van der Waals surface area (Å²) in [7, 11) is -1.66. The largest absolute Gasteiger partial charge is 0.380 e. The van der Waals surface area contributed by atoms with Crippen molar-refractivity contribution < 1.29 is 13.2 Å². The first-order chi connectivity index (χ1) is 14.3. The summed E-state index contributed by atoms with van der Waals surface area (Å²) in [5.74, 6) is 0.328. The minimum atomic E-state index is -3.24. The Morgan fingerprint density at radius 2 is 1.73 bits per heavy atom. The molecule has 1 unspecified atom stereocenters. The van der Waals surface area contributed by atoms with Gasteiger partial charge in [0.05, 0.1) is 16.1 Å². The lowest BCUT2D eigenvalue weighted by Gasteiger charge is -2.18. The van der Waals surface area contributed by atoms with Crippen LogP contribution in [0.15, 0.2) is 47.4 Å². The predicted molar refractivity (Wildman–Crippen MR) is 117 cm³/mol. The van der Waals surface area contributed by atoms with Crippen molar-refractivity contribution in [3.8, 4) is 11.1 Å². The zero-order chi connectivity index (χ0) is 21.5. The maximum atomic E-state index is 12.3. The van der Waals surface area contributed by atoms with Crippen LogP contribution in [0.25, 0.3) is 22.0 Å². The van der Waals surface area contributed by atoms with Gasteiger partial charge in [-0.25, -0.2) is 8.42 Å². The van der Waals surface area contributed by atoms with E-state index in [-0.39, 0.29) is 22.5 Å². The van der Waals surface area contributed by atoms with Crippen molar-refractivity contribution in [2.45, 2.75) is 30.7 Å². The monoisotopic (exact) mass is 424 g/mol. The second-order valence-electron chi connectivity index (χ2n) is 7.80. The van der Waals surface area contributed by atoms with Crippen LogP contribution < -0.4 is 10.6 Å². The number of nitrogens with zero attached hydrogens (tertiary/aromatic N) is 2. The number of fused-ring (bicyclic) bond motifs is 1. The van der Waals surface area contributed by atoms with Crippen molar-refractivity contribution in [2.75, 3.05) is 18.6 Å². The molecule has 1 amide bonds. The van der Waals surface area contributed by atoms with Crippen LogP contribution in [0.1, 0.15) is 30.3 Å². The summed E-state index contributed by atoms with van der Waals surface area (Å²) in [5, 5.41) is 15.4. The molecule has 0 saturated heterocycles. The fourth-order valence-electron chi connectivity index (χ4n) is 3.55. The van der Waals surface area contributed by atoms with Crippen molar-refractivity contribution in [3.05, 3.63) is 48.2 Å². The van der Waals surface area contributed by atoms with Gasteiger partial charge in [0.2, 0.25) is 0 Å². The van der Waals surface area contributed by atoms with Gasteiger partial charge in [-0.1, -0.05) is 18.2 Å². The van der Waals surface area contributed by atoms with Gasteiger partial charge in [0, 0.05) is 24.7 Å². The maximum Gasteiger partial charge on any atom is 0.273 e. The molecular weight excluding hydrogens is 400 g/mol. The molecule has 3 aromatic rings. The van der Waals surface area contributed by atoms with Gasteiger partial charge in [-0.3, -0.25) is 4.79 Å². The number of hydrogen-bond donors (Lipinski definition) is 2. The van der Waals surface area contributed by atoms with E-state index < -0.39 is 9.84 Å². The van der Waals surface area contributed by atoms with Gasteiger partial charge in [0.25, 0.3) is 5.91 Å². The number of benzene rings is 2. The summed E-state index contributed by atoms with van der Waals surface area (Å²) in [6.45, 7) is 2.12. The van der Waals surface area contributed by atoms with Crippen molar-refractivity contribution in [1.29, 1.82) is 0 Å². The van der Waals surface area contributed by atoms with Gasteiger partial charge in [-0.15, -0.1) is 10.2 Å². The van der Waals surface area contributed by atoms with E-state index in [9.17, 15) is 13.2 Å². The van der Waals surface area contributed by atoms with E-state index >= 15 is 0 Å². The molecule has 1 fully saturated rings. The summed E-state index contributed by atoms with van der Waals surface area (Å²) >= 11 is 0. The number of carbonyl (C=O) groups is 1. The van der Waals surface area contributed by atoms with Crippen LogP contribution in [-0.4, -0.2) is 43.9 Å². The Hall–Kier alpha value is -3.00. The summed E-state index contributed by atoms with van der Waals surface area (Å²) in [6.07, 6.45) is 3.57. The first-order valence-electron chi connectivity index (χ1n) is 9.87. The minimum absolute atomic E-state index is 0.240. The summed E-state index contributed by atoms with van der Waals surface area (Å²) < 4.78 is 23.4.